The molecule has 0 atom stereocenters. The summed E-state index contributed by atoms with van der Waals surface area (Å²) in [5, 5.41) is 20.1. The van der Waals surface area contributed by atoms with Gasteiger partial charge in [-0.25, -0.2) is 4.79 Å². The largest absolute Gasteiger partial charge is 0.452 e. The van der Waals surface area contributed by atoms with E-state index in [2.05, 4.69) is 10.6 Å². The zero-order valence-corrected chi connectivity index (χ0v) is 18.1. The number of nitro benzene ring substituents is 1. The molecule has 31 heavy (non-hydrogen) atoms. The fraction of sp³-hybridized carbons (Fsp3) is 0.150. The van der Waals surface area contributed by atoms with Crippen molar-refractivity contribution in [2.45, 2.75) is 13.8 Å². The van der Waals surface area contributed by atoms with E-state index in [1.165, 1.54) is 54.7 Å². The summed E-state index contributed by atoms with van der Waals surface area (Å²) in [6.07, 6.45) is 0. The number of esters is 1. The van der Waals surface area contributed by atoms with Crippen LogP contribution in [0.5, 0.6) is 0 Å². The number of nitro groups is 1. The molecule has 11 heteroatoms. The summed E-state index contributed by atoms with van der Waals surface area (Å²) in [6, 6.07) is 7.96. The second-order valence-electron chi connectivity index (χ2n) is 6.34. The molecule has 3 aromatic rings. The fourth-order valence-corrected chi connectivity index (χ4v) is 4.59. The summed E-state index contributed by atoms with van der Waals surface area (Å²) in [7, 11) is 0. The lowest BCUT2D eigenvalue weighted by Crippen LogP contribution is -2.22. The number of thiophene rings is 2. The Kier molecular flexibility index (Phi) is 6.78. The Morgan fingerprint density at radius 2 is 1.90 bits per heavy atom. The van der Waals surface area contributed by atoms with Crippen molar-refractivity contribution >= 4 is 56.8 Å². The summed E-state index contributed by atoms with van der Waals surface area (Å²) >= 11 is 2.61. The van der Waals surface area contributed by atoms with E-state index in [0.717, 1.165) is 4.88 Å². The van der Waals surface area contributed by atoms with Gasteiger partial charge in [-0.2, -0.15) is 0 Å². The van der Waals surface area contributed by atoms with Gasteiger partial charge in [-0.1, -0.05) is 12.1 Å². The van der Waals surface area contributed by atoms with Crippen LogP contribution in [0.2, 0.25) is 0 Å². The standard InChI is InChI=1S/C20H17N3O6S2/c1-11-14(5-3-6-15(11)23(27)28)22-17(25)9-29-20(26)18-13(16-7-4-8-30-16)10-31-19(18)21-12(2)24/h3-8,10H,9H2,1-2H3,(H,21,24)(H,22,25). The summed E-state index contributed by atoms with van der Waals surface area (Å²) in [6.45, 7) is 2.24. The molecule has 0 saturated carbocycles. The molecule has 0 aliphatic heterocycles. The van der Waals surface area contributed by atoms with Crippen LogP contribution in [0.1, 0.15) is 22.8 Å². The molecule has 2 heterocycles. The van der Waals surface area contributed by atoms with Gasteiger partial charge in [-0.15, -0.1) is 22.7 Å². The second-order valence-corrected chi connectivity index (χ2v) is 8.17. The Hall–Kier alpha value is -3.57. The lowest BCUT2D eigenvalue weighted by Gasteiger charge is -2.10. The Bertz CT molecular complexity index is 1150. The van der Waals surface area contributed by atoms with E-state index in [1.807, 2.05) is 17.5 Å². The molecule has 0 saturated heterocycles. The van der Waals surface area contributed by atoms with Gasteiger partial charge in [0.1, 0.15) is 10.6 Å². The summed E-state index contributed by atoms with van der Waals surface area (Å²) in [5.41, 5.74) is 1.18. The minimum atomic E-state index is -0.765. The highest BCUT2D eigenvalue weighted by Gasteiger charge is 2.24. The first-order valence-electron chi connectivity index (χ1n) is 8.92. The molecule has 2 N–H and O–H groups in total. The van der Waals surface area contributed by atoms with Crippen LogP contribution >= 0.6 is 22.7 Å². The van der Waals surface area contributed by atoms with Crippen molar-refractivity contribution in [3.63, 3.8) is 0 Å². The Labute approximate surface area is 184 Å². The monoisotopic (exact) mass is 459 g/mol. The smallest absolute Gasteiger partial charge is 0.342 e. The quantitative estimate of drug-likeness (QED) is 0.305. The fourth-order valence-electron chi connectivity index (χ4n) is 2.77. The Morgan fingerprint density at radius 3 is 2.55 bits per heavy atom. The minimum Gasteiger partial charge on any atom is -0.452 e. The second kappa shape index (κ2) is 9.49. The van der Waals surface area contributed by atoms with Crippen molar-refractivity contribution in [2.24, 2.45) is 0 Å². The predicted molar refractivity (Wildman–Crippen MR) is 119 cm³/mol. The SMILES string of the molecule is CC(=O)Nc1scc(-c2cccs2)c1C(=O)OCC(=O)Nc1cccc([N+](=O)[O-])c1C. The molecule has 0 aliphatic rings. The first-order valence-corrected chi connectivity index (χ1v) is 10.7. The number of nitrogens with one attached hydrogen (secondary N) is 2. The first kappa shape index (κ1) is 22.1. The third-order valence-electron chi connectivity index (χ3n) is 4.18. The Balaban J connectivity index is 1.74. The van der Waals surface area contributed by atoms with Crippen LogP contribution in [-0.2, 0) is 14.3 Å². The van der Waals surface area contributed by atoms with E-state index >= 15 is 0 Å². The van der Waals surface area contributed by atoms with Crippen molar-refractivity contribution in [2.75, 3.05) is 17.2 Å². The summed E-state index contributed by atoms with van der Waals surface area (Å²) < 4.78 is 5.17. The van der Waals surface area contributed by atoms with E-state index < -0.39 is 23.4 Å². The van der Waals surface area contributed by atoms with Gasteiger partial charge < -0.3 is 15.4 Å². The predicted octanol–water partition coefficient (Wildman–Crippen LogP) is 4.45. The van der Waals surface area contributed by atoms with Gasteiger partial charge in [0, 0.05) is 28.8 Å². The maximum absolute atomic E-state index is 12.8. The van der Waals surface area contributed by atoms with Crippen molar-refractivity contribution in [1.82, 2.24) is 0 Å². The molecule has 0 spiro atoms. The van der Waals surface area contributed by atoms with E-state index in [1.54, 1.807) is 5.38 Å². The van der Waals surface area contributed by atoms with Crippen LogP contribution in [0.4, 0.5) is 16.4 Å². The molecule has 160 valence electrons. The molecule has 0 unspecified atom stereocenters. The number of benzene rings is 1. The third kappa shape index (κ3) is 5.13. The molecule has 9 nitrogen and oxygen atoms in total. The molecular weight excluding hydrogens is 442 g/mol. The third-order valence-corrected chi connectivity index (χ3v) is 5.98. The molecule has 0 aliphatic carbocycles. The van der Waals surface area contributed by atoms with Gasteiger partial charge >= 0.3 is 5.97 Å². The summed E-state index contributed by atoms with van der Waals surface area (Å²) in [4.78, 5) is 47.8. The van der Waals surface area contributed by atoms with Crippen molar-refractivity contribution in [3.8, 4) is 10.4 Å². The molecular formula is C20H17N3O6S2. The number of hydrogen-bond acceptors (Lipinski definition) is 8. The highest BCUT2D eigenvalue weighted by Crippen LogP contribution is 2.38. The maximum Gasteiger partial charge on any atom is 0.342 e. The Morgan fingerprint density at radius 1 is 1.13 bits per heavy atom. The maximum atomic E-state index is 12.8. The lowest BCUT2D eigenvalue weighted by atomic mass is 10.1. The highest BCUT2D eigenvalue weighted by atomic mass is 32.1. The van der Waals surface area contributed by atoms with Gasteiger partial charge in [-0.05, 0) is 24.4 Å². The molecule has 2 amide bonds. The molecule has 0 bridgehead atoms. The highest BCUT2D eigenvalue weighted by molar-refractivity contribution is 7.17. The van der Waals surface area contributed by atoms with Crippen molar-refractivity contribution in [3.05, 3.63) is 62.3 Å². The molecule has 1 aromatic carbocycles. The van der Waals surface area contributed by atoms with Crippen LogP contribution in [-0.4, -0.2) is 29.3 Å². The van der Waals surface area contributed by atoms with Crippen molar-refractivity contribution in [1.29, 1.82) is 0 Å². The van der Waals surface area contributed by atoms with E-state index in [-0.39, 0.29) is 28.4 Å². The van der Waals surface area contributed by atoms with Crippen LogP contribution in [0.3, 0.4) is 0 Å². The zero-order valence-electron chi connectivity index (χ0n) is 16.5. The number of anilines is 2. The number of hydrogen-bond donors (Lipinski definition) is 2. The number of rotatable bonds is 7. The average molecular weight is 460 g/mol. The van der Waals surface area contributed by atoms with Gasteiger partial charge in [-0.3, -0.25) is 19.7 Å². The number of amides is 2. The zero-order chi connectivity index (χ0) is 22.5. The van der Waals surface area contributed by atoms with E-state index in [9.17, 15) is 24.5 Å². The first-order chi connectivity index (χ1) is 14.8. The number of ether oxygens (including phenoxy) is 1. The molecule has 2 aromatic heterocycles. The molecule has 3 rings (SSSR count). The minimum absolute atomic E-state index is 0.131. The van der Waals surface area contributed by atoms with Gasteiger partial charge in [0.05, 0.1) is 16.2 Å². The topological polar surface area (TPSA) is 128 Å². The number of carbonyl (C=O) groups is 3. The normalized spacial score (nSPS) is 10.4. The van der Waals surface area contributed by atoms with Gasteiger partial charge in [0.2, 0.25) is 5.91 Å². The van der Waals surface area contributed by atoms with Crippen LogP contribution in [0, 0.1) is 17.0 Å². The summed E-state index contributed by atoms with van der Waals surface area (Å²) in [5.74, 6) is -1.75. The van der Waals surface area contributed by atoms with Crippen LogP contribution < -0.4 is 10.6 Å². The van der Waals surface area contributed by atoms with Crippen molar-refractivity contribution < 1.29 is 24.0 Å². The van der Waals surface area contributed by atoms with E-state index in [4.69, 9.17) is 4.74 Å². The van der Waals surface area contributed by atoms with Gasteiger partial charge in [0.25, 0.3) is 11.6 Å². The van der Waals surface area contributed by atoms with Gasteiger partial charge in [0.15, 0.2) is 6.61 Å². The molecule has 0 fully saturated rings. The lowest BCUT2D eigenvalue weighted by molar-refractivity contribution is -0.385. The van der Waals surface area contributed by atoms with E-state index in [0.29, 0.717) is 10.6 Å². The van der Waals surface area contributed by atoms with Crippen LogP contribution in [0.25, 0.3) is 10.4 Å². The molecule has 0 radical (unpaired) electrons. The number of nitrogens with zero attached hydrogens (tertiary/aromatic N) is 1. The van der Waals surface area contributed by atoms with Crippen LogP contribution in [0.15, 0.2) is 41.1 Å². The number of carbonyl (C=O) groups excluding carboxylic acids is 3. The average Bonchev–Trinajstić information content (AvgIpc) is 3.37.